The highest BCUT2D eigenvalue weighted by Gasteiger charge is 2.35. The number of hydrogen-bond acceptors (Lipinski definition) is 6. The zero-order valence-electron chi connectivity index (χ0n) is 17.3. The molecule has 0 fully saturated rings. The molecule has 0 saturated carbocycles. The van der Waals surface area contributed by atoms with Crippen molar-refractivity contribution >= 4 is 11.9 Å². The summed E-state index contributed by atoms with van der Waals surface area (Å²) in [6, 6.07) is 17.1. The molecule has 0 spiro atoms. The van der Waals surface area contributed by atoms with E-state index < -0.39 is 17.9 Å². The predicted molar refractivity (Wildman–Crippen MR) is 113 cm³/mol. The van der Waals surface area contributed by atoms with Crippen molar-refractivity contribution in [2.24, 2.45) is 0 Å². The molecule has 156 valence electrons. The summed E-state index contributed by atoms with van der Waals surface area (Å²) in [4.78, 5) is 27.1. The van der Waals surface area contributed by atoms with Crippen molar-refractivity contribution in [2.75, 3.05) is 20.8 Å². The highest BCUT2D eigenvalue weighted by Crippen LogP contribution is 2.38. The van der Waals surface area contributed by atoms with Crippen molar-refractivity contribution < 1.29 is 23.8 Å². The lowest BCUT2D eigenvalue weighted by Gasteiger charge is -2.30. The van der Waals surface area contributed by atoms with Crippen LogP contribution in [-0.2, 0) is 25.6 Å². The Morgan fingerprint density at radius 1 is 0.867 bits per heavy atom. The Bertz CT molecular complexity index is 913. The van der Waals surface area contributed by atoms with Crippen LogP contribution in [0.1, 0.15) is 24.0 Å². The van der Waals surface area contributed by atoms with Crippen LogP contribution in [0.4, 0.5) is 0 Å². The number of rotatable bonds is 7. The van der Waals surface area contributed by atoms with Gasteiger partial charge in [0, 0.05) is 18.9 Å². The SMILES string of the molecule is CCOc1ccc(C2C(C(=O)OC)=CN(Cc3ccccc3)C=C2C(=O)OC)cc1. The molecule has 30 heavy (non-hydrogen) atoms. The van der Waals surface area contributed by atoms with Gasteiger partial charge in [0.1, 0.15) is 5.75 Å². The maximum atomic E-state index is 12.7. The third-order valence-electron chi connectivity index (χ3n) is 4.81. The zero-order valence-corrected chi connectivity index (χ0v) is 17.3. The molecule has 0 aliphatic carbocycles. The van der Waals surface area contributed by atoms with E-state index in [1.807, 2.05) is 61.5 Å². The number of nitrogens with zero attached hydrogens (tertiary/aromatic N) is 1. The van der Waals surface area contributed by atoms with Gasteiger partial charge in [0.25, 0.3) is 0 Å². The van der Waals surface area contributed by atoms with Crippen molar-refractivity contribution in [3.63, 3.8) is 0 Å². The van der Waals surface area contributed by atoms with Crippen molar-refractivity contribution in [1.82, 2.24) is 4.90 Å². The molecule has 6 nitrogen and oxygen atoms in total. The second-order valence-electron chi connectivity index (χ2n) is 6.75. The zero-order chi connectivity index (χ0) is 21.5. The van der Waals surface area contributed by atoms with Crippen LogP contribution in [0.25, 0.3) is 0 Å². The first-order valence-electron chi connectivity index (χ1n) is 9.69. The Kier molecular flexibility index (Phi) is 6.91. The topological polar surface area (TPSA) is 65.1 Å². The highest BCUT2D eigenvalue weighted by molar-refractivity contribution is 5.98. The third kappa shape index (κ3) is 4.71. The predicted octanol–water partition coefficient (Wildman–Crippen LogP) is 3.80. The molecule has 0 amide bonds. The summed E-state index contributed by atoms with van der Waals surface area (Å²) in [5.74, 6) is -0.884. The van der Waals surface area contributed by atoms with Gasteiger partial charge in [-0.3, -0.25) is 0 Å². The molecule has 1 aliphatic heterocycles. The Hall–Kier alpha value is -3.54. The van der Waals surface area contributed by atoms with Crippen LogP contribution in [0.5, 0.6) is 5.75 Å². The van der Waals surface area contributed by atoms with Gasteiger partial charge in [-0.2, -0.15) is 0 Å². The Morgan fingerprint density at radius 3 is 1.93 bits per heavy atom. The summed E-state index contributed by atoms with van der Waals surface area (Å²) >= 11 is 0. The molecule has 0 unspecified atom stereocenters. The van der Waals surface area contributed by atoms with Crippen LogP contribution in [0.15, 0.2) is 78.1 Å². The molecule has 0 atom stereocenters. The first-order valence-corrected chi connectivity index (χ1v) is 9.69. The van der Waals surface area contributed by atoms with Gasteiger partial charge in [0.15, 0.2) is 0 Å². The van der Waals surface area contributed by atoms with Crippen LogP contribution < -0.4 is 4.74 Å². The van der Waals surface area contributed by atoms with E-state index in [1.54, 1.807) is 17.3 Å². The average Bonchev–Trinajstić information content (AvgIpc) is 2.79. The van der Waals surface area contributed by atoms with Crippen molar-refractivity contribution in [1.29, 1.82) is 0 Å². The Balaban J connectivity index is 2.03. The quantitative estimate of drug-likeness (QED) is 0.651. The molecule has 0 saturated heterocycles. The molecule has 3 rings (SSSR count). The van der Waals surface area contributed by atoms with E-state index in [9.17, 15) is 9.59 Å². The number of carbonyl (C=O) groups excluding carboxylic acids is 2. The monoisotopic (exact) mass is 407 g/mol. The molecule has 0 aromatic heterocycles. The summed E-state index contributed by atoms with van der Waals surface area (Å²) in [5.41, 5.74) is 2.53. The minimum absolute atomic E-state index is 0.362. The number of ether oxygens (including phenoxy) is 3. The van der Waals surface area contributed by atoms with Gasteiger partial charge in [0.2, 0.25) is 0 Å². The lowest BCUT2D eigenvalue weighted by Crippen LogP contribution is -2.28. The summed E-state index contributed by atoms with van der Waals surface area (Å²) in [7, 11) is 2.66. The molecule has 2 aromatic carbocycles. The van der Waals surface area contributed by atoms with Crippen molar-refractivity contribution in [2.45, 2.75) is 19.4 Å². The van der Waals surface area contributed by atoms with E-state index in [0.29, 0.717) is 24.3 Å². The molecule has 1 heterocycles. The van der Waals surface area contributed by atoms with Gasteiger partial charge in [-0.1, -0.05) is 42.5 Å². The second kappa shape index (κ2) is 9.78. The number of methoxy groups -OCH3 is 2. The van der Waals surface area contributed by atoms with E-state index in [0.717, 1.165) is 16.9 Å². The fourth-order valence-corrected chi connectivity index (χ4v) is 3.46. The standard InChI is InChI=1S/C24H25NO5/c1-4-30-19-12-10-18(11-13-19)22-20(23(26)28-2)15-25(16-21(22)24(27)29-3)14-17-8-6-5-7-9-17/h5-13,15-16,22H,4,14H2,1-3H3. The fraction of sp³-hybridized carbons (Fsp3) is 0.250. The summed E-state index contributed by atoms with van der Waals surface area (Å²) in [6.07, 6.45) is 3.46. The van der Waals surface area contributed by atoms with E-state index in [-0.39, 0.29) is 0 Å². The molecule has 1 aliphatic rings. The molecule has 0 bridgehead atoms. The fourth-order valence-electron chi connectivity index (χ4n) is 3.46. The second-order valence-corrected chi connectivity index (χ2v) is 6.75. The average molecular weight is 407 g/mol. The maximum absolute atomic E-state index is 12.7. The van der Waals surface area contributed by atoms with Gasteiger partial charge in [-0.15, -0.1) is 0 Å². The van der Waals surface area contributed by atoms with E-state index in [2.05, 4.69) is 0 Å². The van der Waals surface area contributed by atoms with Gasteiger partial charge < -0.3 is 19.1 Å². The highest BCUT2D eigenvalue weighted by atomic mass is 16.5. The number of carbonyl (C=O) groups is 2. The Labute approximate surface area is 176 Å². The molecule has 0 radical (unpaired) electrons. The maximum Gasteiger partial charge on any atom is 0.336 e. The van der Waals surface area contributed by atoms with E-state index in [1.165, 1.54) is 14.2 Å². The van der Waals surface area contributed by atoms with Crippen molar-refractivity contribution in [3.8, 4) is 5.75 Å². The molecule has 6 heteroatoms. The molecule has 2 aromatic rings. The lowest BCUT2D eigenvalue weighted by atomic mass is 9.83. The minimum atomic E-state index is -0.604. The minimum Gasteiger partial charge on any atom is -0.494 e. The van der Waals surface area contributed by atoms with Gasteiger partial charge in [0.05, 0.1) is 37.9 Å². The van der Waals surface area contributed by atoms with Gasteiger partial charge >= 0.3 is 11.9 Å². The Morgan fingerprint density at radius 2 is 1.43 bits per heavy atom. The number of hydrogen-bond donors (Lipinski definition) is 0. The normalized spacial score (nSPS) is 13.9. The molecular weight excluding hydrogens is 382 g/mol. The van der Waals surface area contributed by atoms with Gasteiger partial charge in [-0.05, 0) is 30.2 Å². The van der Waals surface area contributed by atoms with Crippen molar-refractivity contribution in [3.05, 3.63) is 89.3 Å². The molecule has 0 N–H and O–H groups in total. The third-order valence-corrected chi connectivity index (χ3v) is 4.81. The smallest absolute Gasteiger partial charge is 0.336 e. The molecular formula is C24H25NO5. The van der Waals surface area contributed by atoms with E-state index in [4.69, 9.17) is 14.2 Å². The van der Waals surface area contributed by atoms with Crippen LogP contribution >= 0.6 is 0 Å². The van der Waals surface area contributed by atoms with E-state index >= 15 is 0 Å². The number of esters is 2. The summed E-state index contributed by atoms with van der Waals surface area (Å²) < 4.78 is 15.6. The largest absolute Gasteiger partial charge is 0.494 e. The van der Waals surface area contributed by atoms with Crippen LogP contribution in [-0.4, -0.2) is 37.7 Å². The lowest BCUT2D eigenvalue weighted by molar-refractivity contribution is -0.137. The number of benzene rings is 2. The van der Waals surface area contributed by atoms with Crippen LogP contribution in [0.3, 0.4) is 0 Å². The van der Waals surface area contributed by atoms with Crippen LogP contribution in [0, 0.1) is 0 Å². The first-order chi connectivity index (χ1) is 14.6. The summed E-state index contributed by atoms with van der Waals surface area (Å²) in [6.45, 7) is 2.96. The summed E-state index contributed by atoms with van der Waals surface area (Å²) in [5, 5.41) is 0. The van der Waals surface area contributed by atoms with Crippen LogP contribution in [0.2, 0.25) is 0 Å². The van der Waals surface area contributed by atoms with Gasteiger partial charge in [-0.25, -0.2) is 9.59 Å². The first kappa shape index (κ1) is 21.2.